The molecule has 4 nitrogen and oxygen atoms in total. The molecule has 0 unspecified atom stereocenters. The third-order valence-electron chi connectivity index (χ3n) is 4.64. The molecule has 0 amide bonds. The Hall–Kier alpha value is -0.870. The lowest BCUT2D eigenvalue weighted by Crippen LogP contribution is -2.44. The van der Waals surface area contributed by atoms with Crippen molar-refractivity contribution in [1.29, 1.82) is 0 Å². The van der Waals surface area contributed by atoms with Crippen molar-refractivity contribution in [2.24, 2.45) is 18.7 Å². The predicted molar refractivity (Wildman–Crippen MR) is 81.5 cm³/mol. The molecule has 2 rings (SSSR count). The summed E-state index contributed by atoms with van der Waals surface area (Å²) < 4.78 is 8.03. The molecule has 20 heavy (non-hydrogen) atoms. The Balaban J connectivity index is 1.77. The highest BCUT2D eigenvalue weighted by Crippen LogP contribution is 2.36. The lowest BCUT2D eigenvalue weighted by atomic mass is 9.77. The minimum absolute atomic E-state index is 0.0630. The highest BCUT2D eigenvalue weighted by molar-refractivity contribution is 5.03. The number of aromatic nitrogens is 2. The average molecular weight is 279 g/mol. The van der Waals surface area contributed by atoms with Crippen molar-refractivity contribution >= 4 is 0 Å². The number of nitrogens with two attached hydrogens (primary N) is 1. The largest absolute Gasteiger partial charge is 0.373 e. The summed E-state index contributed by atoms with van der Waals surface area (Å²) in [6.07, 6.45) is 12.3. The number of hydrogen-bond acceptors (Lipinski definition) is 3. The molecule has 0 aromatic carbocycles. The molecule has 114 valence electrons. The van der Waals surface area contributed by atoms with Gasteiger partial charge in [0, 0.05) is 19.8 Å². The minimum atomic E-state index is -0.0630. The van der Waals surface area contributed by atoms with Crippen LogP contribution in [0.2, 0.25) is 0 Å². The van der Waals surface area contributed by atoms with Gasteiger partial charge in [0.05, 0.1) is 18.4 Å². The molecule has 0 spiro atoms. The molecule has 1 aromatic heterocycles. The van der Waals surface area contributed by atoms with Gasteiger partial charge in [0.25, 0.3) is 0 Å². The second kappa shape index (κ2) is 7.23. The van der Waals surface area contributed by atoms with Crippen LogP contribution in [-0.4, -0.2) is 28.5 Å². The number of aryl methyl sites for hydroxylation is 1. The van der Waals surface area contributed by atoms with Crippen LogP contribution in [0.3, 0.4) is 0 Å². The van der Waals surface area contributed by atoms with Crippen LogP contribution in [0.4, 0.5) is 0 Å². The van der Waals surface area contributed by atoms with E-state index in [-0.39, 0.29) is 5.60 Å². The van der Waals surface area contributed by atoms with Crippen molar-refractivity contribution in [2.45, 2.75) is 57.5 Å². The third-order valence-corrected chi connectivity index (χ3v) is 4.64. The summed E-state index contributed by atoms with van der Waals surface area (Å²) >= 11 is 0. The fourth-order valence-corrected chi connectivity index (χ4v) is 3.29. The van der Waals surface area contributed by atoms with Crippen LogP contribution in [0.15, 0.2) is 12.4 Å². The lowest BCUT2D eigenvalue weighted by Gasteiger charge is -2.39. The average Bonchev–Trinajstić information content (AvgIpc) is 2.87. The molecule has 4 heteroatoms. The van der Waals surface area contributed by atoms with Gasteiger partial charge in [-0.05, 0) is 43.6 Å². The molecular formula is C16H29N3O. The predicted octanol–water partition coefficient (Wildman–Crippen LogP) is 2.67. The SMILES string of the molecule is CCCC1CCC(CN)(OCCc2cnn(C)c2)CC1. The highest BCUT2D eigenvalue weighted by Gasteiger charge is 2.34. The Morgan fingerprint density at radius 1 is 1.45 bits per heavy atom. The van der Waals surface area contributed by atoms with Crippen molar-refractivity contribution in [2.75, 3.05) is 13.2 Å². The molecule has 0 radical (unpaired) electrons. The zero-order valence-electron chi connectivity index (χ0n) is 13.0. The summed E-state index contributed by atoms with van der Waals surface area (Å²) in [5, 5.41) is 4.19. The number of rotatable bonds is 7. The van der Waals surface area contributed by atoms with Gasteiger partial charge in [0.2, 0.25) is 0 Å². The molecule has 1 aromatic rings. The molecule has 1 heterocycles. The summed E-state index contributed by atoms with van der Waals surface area (Å²) in [7, 11) is 1.95. The maximum Gasteiger partial charge on any atom is 0.0804 e. The maximum atomic E-state index is 6.20. The molecule has 0 saturated heterocycles. The topological polar surface area (TPSA) is 53.1 Å². The van der Waals surface area contributed by atoms with Gasteiger partial charge in [-0.3, -0.25) is 4.68 Å². The fraction of sp³-hybridized carbons (Fsp3) is 0.812. The second-order valence-electron chi connectivity index (χ2n) is 6.24. The first-order chi connectivity index (χ1) is 9.67. The van der Waals surface area contributed by atoms with E-state index in [1.54, 1.807) is 0 Å². The van der Waals surface area contributed by atoms with Gasteiger partial charge in [-0.25, -0.2) is 0 Å². The monoisotopic (exact) mass is 279 g/mol. The number of nitrogens with zero attached hydrogens (tertiary/aromatic N) is 2. The molecular weight excluding hydrogens is 250 g/mol. The van der Waals surface area contributed by atoms with Crippen LogP contribution in [0, 0.1) is 5.92 Å². The van der Waals surface area contributed by atoms with Crippen LogP contribution in [0.1, 0.15) is 51.0 Å². The first kappa shape index (κ1) is 15.5. The summed E-state index contributed by atoms with van der Waals surface area (Å²) in [5.74, 6) is 0.890. The quantitative estimate of drug-likeness (QED) is 0.835. The van der Waals surface area contributed by atoms with Crippen LogP contribution >= 0.6 is 0 Å². The molecule has 1 aliphatic rings. The Morgan fingerprint density at radius 2 is 2.20 bits per heavy atom. The molecule has 0 bridgehead atoms. The highest BCUT2D eigenvalue weighted by atomic mass is 16.5. The van der Waals surface area contributed by atoms with Crippen LogP contribution < -0.4 is 5.73 Å². The molecule has 2 N–H and O–H groups in total. The zero-order valence-corrected chi connectivity index (χ0v) is 13.0. The normalized spacial score (nSPS) is 26.9. The second-order valence-corrected chi connectivity index (χ2v) is 6.24. The smallest absolute Gasteiger partial charge is 0.0804 e. The lowest BCUT2D eigenvalue weighted by molar-refractivity contribution is -0.0706. The summed E-state index contributed by atoms with van der Waals surface area (Å²) in [4.78, 5) is 0. The first-order valence-corrected chi connectivity index (χ1v) is 7.99. The zero-order chi connectivity index (χ0) is 14.4. The van der Waals surface area contributed by atoms with Gasteiger partial charge in [-0.15, -0.1) is 0 Å². The van der Waals surface area contributed by atoms with Crippen molar-refractivity contribution < 1.29 is 4.74 Å². The standard InChI is InChI=1S/C16H29N3O/c1-3-4-14-5-8-16(13-17,9-6-14)20-10-7-15-11-18-19(2)12-15/h11-12,14H,3-10,13,17H2,1-2H3. The van der Waals surface area contributed by atoms with Gasteiger partial charge in [0.15, 0.2) is 0 Å². The van der Waals surface area contributed by atoms with Crippen LogP contribution in [-0.2, 0) is 18.2 Å². The number of ether oxygens (including phenoxy) is 1. The van der Waals surface area contributed by atoms with Crippen molar-refractivity contribution in [3.05, 3.63) is 18.0 Å². The van der Waals surface area contributed by atoms with Gasteiger partial charge in [-0.2, -0.15) is 5.10 Å². The van der Waals surface area contributed by atoms with E-state index in [9.17, 15) is 0 Å². The first-order valence-electron chi connectivity index (χ1n) is 7.99. The summed E-state index contributed by atoms with van der Waals surface area (Å²) in [6.45, 7) is 3.68. The van der Waals surface area contributed by atoms with Crippen molar-refractivity contribution in [3.8, 4) is 0 Å². The fourth-order valence-electron chi connectivity index (χ4n) is 3.29. The molecule has 1 fully saturated rings. The van der Waals surface area contributed by atoms with E-state index in [0.29, 0.717) is 6.54 Å². The Kier molecular flexibility index (Phi) is 5.61. The molecule has 0 atom stereocenters. The van der Waals surface area contributed by atoms with Crippen molar-refractivity contribution in [1.82, 2.24) is 9.78 Å². The molecule has 1 aliphatic carbocycles. The Morgan fingerprint density at radius 3 is 2.75 bits per heavy atom. The van der Waals surface area contributed by atoms with E-state index in [1.165, 1.54) is 31.2 Å². The third kappa shape index (κ3) is 4.06. The van der Waals surface area contributed by atoms with Gasteiger partial charge in [0.1, 0.15) is 0 Å². The van der Waals surface area contributed by atoms with Gasteiger partial charge < -0.3 is 10.5 Å². The summed E-state index contributed by atoms with van der Waals surface area (Å²) in [6, 6.07) is 0. The summed E-state index contributed by atoms with van der Waals surface area (Å²) in [5.41, 5.74) is 7.17. The number of hydrogen-bond donors (Lipinski definition) is 1. The van der Waals surface area contributed by atoms with Crippen molar-refractivity contribution in [3.63, 3.8) is 0 Å². The van der Waals surface area contributed by atoms with Crippen LogP contribution in [0.5, 0.6) is 0 Å². The molecule has 1 saturated carbocycles. The molecule has 0 aliphatic heterocycles. The Labute approximate surface area is 122 Å². The van der Waals surface area contributed by atoms with E-state index in [2.05, 4.69) is 18.2 Å². The van der Waals surface area contributed by atoms with E-state index in [0.717, 1.165) is 31.8 Å². The van der Waals surface area contributed by atoms with E-state index < -0.39 is 0 Å². The Bertz CT molecular complexity index is 394. The van der Waals surface area contributed by atoms with E-state index in [1.807, 2.05) is 17.9 Å². The van der Waals surface area contributed by atoms with E-state index in [4.69, 9.17) is 10.5 Å². The van der Waals surface area contributed by atoms with Gasteiger partial charge >= 0.3 is 0 Å². The maximum absolute atomic E-state index is 6.20. The van der Waals surface area contributed by atoms with Crippen LogP contribution in [0.25, 0.3) is 0 Å². The van der Waals surface area contributed by atoms with Gasteiger partial charge in [-0.1, -0.05) is 19.8 Å². The minimum Gasteiger partial charge on any atom is -0.373 e. The van der Waals surface area contributed by atoms with E-state index >= 15 is 0 Å².